The zero-order valence-corrected chi connectivity index (χ0v) is 14.0. The number of sulfone groups is 1. The summed E-state index contributed by atoms with van der Waals surface area (Å²) in [6, 6.07) is 16.6. The predicted octanol–water partition coefficient (Wildman–Crippen LogP) is 2.28. The number of fused-ring (bicyclic) bond motifs is 2. The molecule has 0 bridgehead atoms. The summed E-state index contributed by atoms with van der Waals surface area (Å²) in [5.74, 6) is -0.656. The van der Waals surface area contributed by atoms with Crippen LogP contribution in [0.15, 0.2) is 59.6 Å². The summed E-state index contributed by atoms with van der Waals surface area (Å²) < 4.78 is 25.6. The van der Waals surface area contributed by atoms with Gasteiger partial charge in [-0.05, 0) is 18.6 Å². The molecular weight excluding hydrogens is 324 g/mol. The van der Waals surface area contributed by atoms with Crippen LogP contribution in [0, 0.1) is 0 Å². The van der Waals surface area contributed by atoms with Crippen LogP contribution in [0.25, 0.3) is 0 Å². The number of amides is 1. The van der Waals surface area contributed by atoms with Crippen molar-refractivity contribution in [1.82, 2.24) is 0 Å². The summed E-state index contributed by atoms with van der Waals surface area (Å²) in [4.78, 5) is 17.2. The minimum Gasteiger partial charge on any atom is -0.304 e. The number of carbonyl (C=O) groups is 1. The maximum Gasteiger partial charge on any atom is 0.275 e. The van der Waals surface area contributed by atoms with E-state index in [4.69, 9.17) is 0 Å². The quantitative estimate of drug-likeness (QED) is 0.842. The van der Waals surface area contributed by atoms with Crippen LogP contribution in [0.5, 0.6) is 0 Å². The van der Waals surface area contributed by atoms with Gasteiger partial charge in [-0.25, -0.2) is 8.42 Å². The first-order valence-electron chi connectivity index (χ1n) is 7.69. The molecule has 5 nitrogen and oxygen atoms in total. The molecule has 2 heterocycles. The number of rotatable bonds is 2. The second kappa shape index (κ2) is 5.01. The topological polar surface area (TPSA) is 66.8 Å². The number of nitrogens with zero attached hydrogens (tertiary/aromatic N) is 2. The van der Waals surface area contributed by atoms with Crippen LogP contribution in [-0.2, 0) is 26.0 Å². The molecule has 1 unspecified atom stereocenters. The molecule has 0 aliphatic carbocycles. The summed E-state index contributed by atoms with van der Waals surface area (Å²) in [6.45, 7) is 1.98. The van der Waals surface area contributed by atoms with Gasteiger partial charge in [0, 0.05) is 11.3 Å². The Hall–Kier alpha value is -2.47. The highest BCUT2D eigenvalue weighted by Crippen LogP contribution is 2.49. The Morgan fingerprint density at radius 3 is 2.42 bits per heavy atom. The predicted molar refractivity (Wildman–Crippen MR) is 92.6 cm³/mol. The third-order valence-corrected chi connectivity index (χ3v) is 6.66. The van der Waals surface area contributed by atoms with Crippen molar-refractivity contribution < 1.29 is 13.2 Å². The van der Waals surface area contributed by atoms with E-state index in [-0.39, 0.29) is 5.75 Å². The smallest absolute Gasteiger partial charge is 0.275 e. The van der Waals surface area contributed by atoms with Gasteiger partial charge in [0.05, 0.1) is 18.0 Å². The highest BCUT2D eigenvalue weighted by atomic mass is 32.2. The molecule has 0 N–H and O–H groups in total. The lowest BCUT2D eigenvalue weighted by molar-refractivity contribution is -0.120. The molecule has 24 heavy (non-hydrogen) atoms. The number of hydrogen-bond donors (Lipinski definition) is 0. The monoisotopic (exact) mass is 340 g/mol. The van der Waals surface area contributed by atoms with Crippen molar-refractivity contribution >= 4 is 27.1 Å². The summed E-state index contributed by atoms with van der Waals surface area (Å²) >= 11 is 0. The standard InChI is InChI=1S/C18H16N2O3S/c1-13-12-24(22,23)18(19-13)15-9-5-6-10-16(15)20(17(18)21)11-14-7-3-2-4-8-14/h2-10H,11-12H2,1H3. The summed E-state index contributed by atoms with van der Waals surface area (Å²) in [7, 11) is -3.72. The third kappa shape index (κ3) is 1.89. The van der Waals surface area contributed by atoms with Crippen molar-refractivity contribution in [3.8, 4) is 0 Å². The minimum absolute atomic E-state index is 0.174. The molecule has 0 aromatic heterocycles. The maximum atomic E-state index is 13.2. The maximum absolute atomic E-state index is 13.2. The average Bonchev–Trinajstić information content (AvgIpc) is 2.95. The SMILES string of the molecule is CC1=NC2(C(=O)N(Cc3ccccc3)c3ccccc32)S(=O)(=O)C1. The lowest BCUT2D eigenvalue weighted by atomic mass is 10.1. The van der Waals surface area contributed by atoms with Crippen LogP contribution < -0.4 is 4.90 Å². The van der Waals surface area contributed by atoms with Gasteiger partial charge in [0.25, 0.3) is 10.8 Å². The molecule has 2 aliphatic rings. The fourth-order valence-electron chi connectivity index (χ4n) is 3.48. The normalized spacial score (nSPS) is 24.3. The Bertz CT molecular complexity index is 967. The van der Waals surface area contributed by atoms with Crippen molar-refractivity contribution in [2.45, 2.75) is 18.3 Å². The van der Waals surface area contributed by atoms with Crippen molar-refractivity contribution in [2.75, 3.05) is 10.7 Å². The van der Waals surface area contributed by atoms with Gasteiger partial charge in [-0.1, -0.05) is 48.5 Å². The van der Waals surface area contributed by atoms with Gasteiger partial charge in [-0.15, -0.1) is 0 Å². The van der Waals surface area contributed by atoms with Crippen LogP contribution >= 0.6 is 0 Å². The van der Waals surface area contributed by atoms with E-state index < -0.39 is 20.6 Å². The molecular formula is C18H16N2O3S. The Morgan fingerprint density at radius 1 is 1.08 bits per heavy atom. The average molecular weight is 340 g/mol. The molecule has 6 heteroatoms. The van der Waals surface area contributed by atoms with Crippen LogP contribution in [0.3, 0.4) is 0 Å². The second-order valence-electron chi connectivity index (χ2n) is 6.14. The van der Waals surface area contributed by atoms with Crippen molar-refractivity contribution in [2.24, 2.45) is 4.99 Å². The van der Waals surface area contributed by atoms with Gasteiger partial charge < -0.3 is 4.90 Å². The highest BCUT2D eigenvalue weighted by Gasteiger charge is 2.62. The summed E-state index contributed by atoms with van der Waals surface area (Å²) in [5.41, 5.74) is 2.49. The first-order valence-corrected chi connectivity index (χ1v) is 9.34. The van der Waals surface area contributed by atoms with Gasteiger partial charge >= 0.3 is 0 Å². The molecule has 4 rings (SSSR count). The van der Waals surface area contributed by atoms with Gasteiger partial charge in [0.1, 0.15) is 0 Å². The molecule has 0 fully saturated rings. The molecule has 1 spiro atoms. The zero-order chi connectivity index (χ0) is 16.9. The van der Waals surface area contributed by atoms with Crippen molar-refractivity contribution in [1.29, 1.82) is 0 Å². The van der Waals surface area contributed by atoms with E-state index >= 15 is 0 Å². The van der Waals surface area contributed by atoms with Crippen molar-refractivity contribution in [3.63, 3.8) is 0 Å². The minimum atomic E-state index is -3.72. The van der Waals surface area contributed by atoms with Gasteiger partial charge in [0.15, 0.2) is 9.84 Å². The Labute approximate surface area is 140 Å². The molecule has 0 radical (unpaired) electrons. The lowest BCUT2D eigenvalue weighted by Crippen LogP contribution is -2.43. The number of anilines is 1. The number of aliphatic imine (C=N–C) groups is 1. The third-order valence-electron chi connectivity index (χ3n) is 4.48. The number of carbonyl (C=O) groups excluding carboxylic acids is 1. The molecule has 0 saturated carbocycles. The molecule has 1 atom stereocenters. The summed E-state index contributed by atoms with van der Waals surface area (Å²) in [6.07, 6.45) is 0. The number of para-hydroxylation sites is 1. The molecule has 0 saturated heterocycles. The van der Waals surface area contributed by atoms with Crippen molar-refractivity contribution in [3.05, 3.63) is 65.7 Å². The van der Waals surface area contributed by atoms with E-state index in [1.54, 1.807) is 31.2 Å². The van der Waals surface area contributed by atoms with E-state index in [9.17, 15) is 13.2 Å². The second-order valence-corrected chi connectivity index (χ2v) is 8.25. The van der Waals surface area contributed by atoms with E-state index in [0.717, 1.165) is 5.56 Å². The molecule has 1 amide bonds. The van der Waals surface area contributed by atoms with Crippen LogP contribution in [0.4, 0.5) is 5.69 Å². The van der Waals surface area contributed by atoms with Crippen LogP contribution in [0.2, 0.25) is 0 Å². The molecule has 122 valence electrons. The van der Waals surface area contributed by atoms with E-state index in [2.05, 4.69) is 4.99 Å². The van der Waals surface area contributed by atoms with Gasteiger partial charge in [0.2, 0.25) is 0 Å². The lowest BCUT2D eigenvalue weighted by Gasteiger charge is -2.21. The fraction of sp³-hybridized carbons (Fsp3) is 0.222. The Morgan fingerprint density at radius 2 is 1.75 bits per heavy atom. The summed E-state index contributed by atoms with van der Waals surface area (Å²) in [5, 5.41) is 0. The molecule has 2 aliphatic heterocycles. The molecule has 2 aromatic carbocycles. The molecule has 2 aromatic rings. The van der Waals surface area contributed by atoms with Crippen LogP contribution in [0.1, 0.15) is 18.1 Å². The largest absolute Gasteiger partial charge is 0.304 e. The first-order chi connectivity index (χ1) is 11.5. The fourth-order valence-corrected chi connectivity index (χ4v) is 5.49. The highest BCUT2D eigenvalue weighted by molar-refractivity contribution is 7.94. The Balaban J connectivity index is 1.90. The van der Waals surface area contributed by atoms with E-state index in [0.29, 0.717) is 23.5 Å². The van der Waals surface area contributed by atoms with Gasteiger partial charge in [-0.3, -0.25) is 9.79 Å². The van der Waals surface area contributed by atoms with E-state index in [1.165, 1.54) is 4.90 Å². The zero-order valence-electron chi connectivity index (χ0n) is 13.1. The first kappa shape index (κ1) is 15.1. The van der Waals surface area contributed by atoms with E-state index in [1.807, 2.05) is 30.3 Å². The number of benzene rings is 2. The number of hydrogen-bond acceptors (Lipinski definition) is 4. The van der Waals surface area contributed by atoms with Gasteiger partial charge in [-0.2, -0.15) is 0 Å². The Kier molecular flexibility index (Phi) is 3.15. The van der Waals surface area contributed by atoms with Crippen LogP contribution in [-0.4, -0.2) is 25.8 Å².